The molecule has 0 saturated carbocycles. The Kier molecular flexibility index (Phi) is 5.76. The third-order valence-electron chi connectivity index (χ3n) is 4.04. The molecule has 2 aromatic heterocycles. The van der Waals surface area contributed by atoms with Gasteiger partial charge in [-0.3, -0.25) is 20.4 Å². The van der Waals surface area contributed by atoms with E-state index < -0.39 is 5.91 Å². The number of nitrogens with one attached hydrogen (secondary N) is 3. The number of anilines is 2. The van der Waals surface area contributed by atoms with Gasteiger partial charge >= 0.3 is 0 Å². The van der Waals surface area contributed by atoms with Gasteiger partial charge in [-0.1, -0.05) is 37.8 Å². The third kappa shape index (κ3) is 4.27. The minimum atomic E-state index is -0.518. The van der Waals surface area contributed by atoms with Gasteiger partial charge in [0.15, 0.2) is 5.69 Å². The Balaban J connectivity index is 1.72. The van der Waals surface area contributed by atoms with E-state index in [1.807, 2.05) is 13.8 Å². The molecule has 1 aromatic carbocycles. The first-order valence-electron chi connectivity index (χ1n) is 8.95. The van der Waals surface area contributed by atoms with Crippen LogP contribution in [0.4, 0.5) is 11.5 Å². The van der Waals surface area contributed by atoms with Crippen molar-refractivity contribution in [3.8, 4) is 5.82 Å². The Morgan fingerprint density at radius 1 is 1.17 bits per heavy atom. The highest BCUT2D eigenvalue weighted by atomic mass is 16.6. The standard InChI is InChI=1S/C18H21N9O3/c1-9(2)15-14(22-26-27(15)17-16(19)24-30-25-17)18(29)23-21-10(3)12-5-7-13(8-6-12)20-11(4)28/h5-9,21H,3H2,1-2,4H3,(H2,19,24)(H,20,28)(H,23,29). The number of nitrogen functional groups attached to an aromatic ring is 1. The number of amides is 2. The number of carbonyl (C=O) groups is 2. The molecule has 0 atom stereocenters. The van der Waals surface area contributed by atoms with E-state index in [0.29, 0.717) is 17.1 Å². The van der Waals surface area contributed by atoms with Gasteiger partial charge in [-0.2, -0.15) is 4.68 Å². The molecule has 0 aliphatic carbocycles. The lowest BCUT2D eigenvalue weighted by atomic mass is 10.1. The summed E-state index contributed by atoms with van der Waals surface area (Å²) in [6.07, 6.45) is 0. The molecule has 0 fully saturated rings. The van der Waals surface area contributed by atoms with E-state index in [2.05, 4.69) is 48.0 Å². The summed E-state index contributed by atoms with van der Waals surface area (Å²) in [5.74, 6) is -0.619. The number of nitrogens with two attached hydrogens (primary N) is 1. The fourth-order valence-electron chi connectivity index (χ4n) is 2.68. The van der Waals surface area contributed by atoms with Crippen LogP contribution in [0.25, 0.3) is 11.5 Å². The van der Waals surface area contributed by atoms with Crippen molar-refractivity contribution >= 4 is 29.0 Å². The maximum atomic E-state index is 12.7. The molecule has 0 radical (unpaired) electrons. The van der Waals surface area contributed by atoms with Crippen LogP contribution < -0.4 is 21.9 Å². The normalized spacial score (nSPS) is 10.7. The maximum absolute atomic E-state index is 12.7. The van der Waals surface area contributed by atoms with Crippen molar-refractivity contribution in [3.63, 3.8) is 0 Å². The lowest BCUT2D eigenvalue weighted by Gasteiger charge is -2.13. The van der Waals surface area contributed by atoms with Crippen molar-refractivity contribution < 1.29 is 14.2 Å². The number of carbonyl (C=O) groups excluding carboxylic acids is 2. The van der Waals surface area contributed by atoms with Gasteiger partial charge in [0.05, 0.1) is 11.4 Å². The number of aromatic nitrogens is 5. The van der Waals surface area contributed by atoms with E-state index in [9.17, 15) is 9.59 Å². The second kappa shape index (κ2) is 8.43. The van der Waals surface area contributed by atoms with E-state index in [1.165, 1.54) is 11.6 Å². The fourth-order valence-corrected chi connectivity index (χ4v) is 2.68. The number of hydrogen-bond acceptors (Lipinski definition) is 9. The quantitative estimate of drug-likeness (QED) is 0.418. The van der Waals surface area contributed by atoms with Crippen LogP contribution in [0.2, 0.25) is 0 Å². The predicted octanol–water partition coefficient (Wildman–Crippen LogP) is 1.22. The van der Waals surface area contributed by atoms with E-state index in [0.717, 1.165) is 5.56 Å². The van der Waals surface area contributed by atoms with Crippen molar-refractivity contribution in [2.45, 2.75) is 26.7 Å². The Morgan fingerprint density at radius 3 is 2.43 bits per heavy atom. The predicted molar refractivity (Wildman–Crippen MR) is 108 cm³/mol. The molecule has 5 N–H and O–H groups in total. The summed E-state index contributed by atoms with van der Waals surface area (Å²) in [4.78, 5) is 23.8. The van der Waals surface area contributed by atoms with E-state index in [1.54, 1.807) is 24.3 Å². The highest BCUT2D eigenvalue weighted by Gasteiger charge is 2.25. The molecule has 0 spiro atoms. The SMILES string of the molecule is C=C(NNC(=O)c1nnn(-c2nonc2N)c1C(C)C)c1ccc(NC(C)=O)cc1. The summed E-state index contributed by atoms with van der Waals surface area (Å²) >= 11 is 0. The van der Waals surface area contributed by atoms with Crippen LogP contribution in [0.5, 0.6) is 0 Å². The Morgan fingerprint density at radius 2 is 1.87 bits per heavy atom. The van der Waals surface area contributed by atoms with Gasteiger partial charge < -0.3 is 11.1 Å². The molecule has 0 bridgehead atoms. The van der Waals surface area contributed by atoms with E-state index in [-0.39, 0.29) is 29.2 Å². The first kappa shape index (κ1) is 20.5. The molecular weight excluding hydrogens is 390 g/mol. The number of rotatable bonds is 7. The monoisotopic (exact) mass is 411 g/mol. The minimum absolute atomic E-state index is 0.0305. The van der Waals surface area contributed by atoms with Crippen LogP contribution in [-0.2, 0) is 4.79 Å². The first-order valence-corrected chi connectivity index (χ1v) is 8.95. The largest absolute Gasteiger partial charge is 0.378 e. The molecule has 3 aromatic rings. The van der Waals surface area contributed by atoms with E-state index in [4.69, 9.17) is 5.73 Å². The molecule has 3 rings (SSSR count). The number of hydrogen-bond donors (Lipinski definition) is 4. The van der Waals surface area contributed by atoms with Gasteiger partial charge in [0.2, 0.25) is 17.5 Å². The Labute approximate surface area is 171 Å². The zero-order chi connectivity index (χ0) is 21.8. The number of hydrazine groups is 1. The third-order valence-corrected chi connectivity index (χ3v) is 4.04. The summed E-state index contributed by atoms with van der Waals surface area (Å²) in [5, 5.41) is 17.8. The summed E-state index contributed by atoms with van der Waals surface area (Å²) in [5.41, 5.74) is 13.4. The summed E-state index contributed by atoms with van der Waals surface area (Å²) in [7, 11) is 0. The highest BCUT2D eigenvalue weighted by Crippen LogP contribution is 2.22. The second-order valence-electron chi connectivity index (χ2n) is 6.68. The number of benzene rings is 1. The topological polar surface area (TPSA) is 166 Å². The lowest BCUT2D eigenvalue weighted by molar-refractivity contribution is -0.114. The molecule has 30 heavy (non-hydrogen) atoms. The molecule has 0 unspecified atom stereocenters. The van der Waals surface area contributed by atoms with Gasteiger partial charge in [-0.15, -0.1) is 5.10 Å². The zero-order valence-electron chi connectivity index (χ0n) is 16.6. The smallest absolute Gasteiger partial charge is 0.292 e. The second-order valence-corrected chi connectivity index (χ2v) is 6.68. The van der Waals surface area contributed by atoms with Crippen molar-refractivity contribution in [2.75, 3.05) is 11.1 Å². The Bertz CT molecular complexity index is 1080. The molecule has 12 heteroatoms. The summed E-state index contributed by atoms with van der Waals surface area (Å²) in [6.45, 7) is 9.07. The average Bonchev–Trinajstić information content (AvgIpc) is 3.31. The lowest BCUT2D eigenvalue weighted by Crippen LogP contribution is -2.36. The van der Waals surface area contributed by atoms with Crippen LogP contribution in [0.15, 0.2) is 35.5 Å². The summed E-state index contributed by atoms with van der Waals surface area (Å²) < 4.78 is 5.92. The van der Waals surface area contributed by atoms with Crippen molar-refractivity contribution in [1.82, 2.24) is 36.2 Å². The van der Waals surface area contributed by atoms with Crippen LogP contribution in [0, 0.1) is 0 Å². The van der Waals surface area contributed by atoms with E-state index >= 15 is 0 Å². The molecule has 0 saturated heterocycles. The van der Waals surface area contributed by atoms with Gasteiger partial charge in [0, 0.05) is 12.6 Å². The molecule has 0 aliphatic heterocycles. The molecule has 0 aliphatic rings. The van der Waals surface area contributed by atoms with Crippen LogP contribution in [-0.4, -0.2) is 37.1 Å². The average molecular weight is 411 g/mol. The van der Waals surface area contributed by atoms with Crippen LogP contribution in [0.1, 0.15) is 48.4 Å². The van der Waals surface area contributed by atoms with Crippen molar-refractivity contribution in [2.24, 2.45) is 0 Å². The molecule has 12 nitrogen and oxygen atoms in total. The molecule has 156 valence electrons. The zero-order valence-corrected chi connectivity index (χ0v) is 16.6. The van der Waals surface area contributed by atoms with Gasteiger partial charge in [-0.05, 0) is 33.9 Å². The van der Waals surface area contributed by atoms with Crippen molar-refractivity contribution in [3.05, 3.63) is 47.8 Å². The minimum Gasteiger partial charge on any atom is -0.378 e. The summed E-state index contributed by atoms with van der Waals surface area (Å²) in [6, 6.07) is 6.96. The molecule has 2 heterocycles. The Hall–Kier alpha value is -4.22. The fraction of sp³-hybridized carbons (Fsp3) is 0.222. The van der Waals surface area contributed by atoms with Crippen molar-refractivity contribution in [1.29, 1.82) is 0 Å². The van der Waals surface area contributed by atoms with Gasteiger partial charge in [0.25, 0.3) is 5.91 Å². The van der Waals surface area contributed by atoms with Gasteiger partial charge in [0.1, 0.15) is 0 Å². The maximum Gasteiger partial charge on any atom is 0.292 e. The first-order chi connectivity index (χ1) is 14.3. The molecule has 2 amide bonds. The number of nitrogens with zero attached hydrogens (tertiary/aromatic N) is 5. The highest BCUT2D eigenvalue weighted by molar-refractivity contribution is 5.94. The van der Waals surface area contributed by atoms with Gasteiger partial charge in [-0.25, -0.2) is 4.63 Å². The van der Waals surface area contributed by atoms with Crippen LogP contribution in [0.3, 0.4) is 0 Å². The van der Waals surface area contributed by atoms with Crippen LogP contribution >= 0.6 is 0 Å². The molecular formula is C18H21N9O3.